The molecule has 8 nitrogen and oxygen atoms in total. The van der Waals surface area contributed by atoms with Gasteiger partial charge in [-0.05, 0) is 12.2 Å². The smallest absolute Gasteiger partial charge is 0.332 e. The lowest BCUT2D eigenvalue weighted by atomic mass is 10.1. The highest BCUT2D eigenvalue weighted by Gasteiger charge is 2.28. The number of hydrogen-bond donors (Lipinski definition) is 0. The average Bonchev–Trinajstić information content (AvgIpc) is 2.55. The third-order valence-corrected chi connectivity index (χ3v) is 3.94. The summed E-state index contributed by atoms with van der Waals surface area (Å²) in [4.78, 5) is 32.9. The van der Waals surface area contributed by atoms with Gasteiger partial charge in [0, 0.05) is 34.4 Å². The second kappa shape index (κ2) is 4.98. The van der Waals surface area contributed by atoms with Crippen molar-refractivity contribution in [1.29, 1.82) is 5.26 Å². The van der Waals surface area contributed by atoms with Crippen molar-refractivity contribution in [3.63, 3.8) is 0 Å². The minimum atomic E-state index is -0.461. The van der Waals surface area contributed by atoms with Crippen LogP contribution in [-0.4, -0.2) is 39.2 Å². The molecule has 118 valence electrons. The van der Waals surface area contributed by atoms with Crippen molar-refractivity contribution >= 4 is 5.82 Å². The first-order valence-electron chi connectivity index (χ1n) is 7.00. The number of allylic oxidation sites excluding steroid dienone is 2. The predicted octanol–water partition coefficient (Wildman–Crippen LogP) is -2.05. The van der Waals surface area contributed by atoms with Crippen LogP contribution in [0, 0.1) is 11.3 Å². The van der Waals surface area contributed by atoms with Gasteiger partial charge in [-0.25, -0.2) is 9.79 Å². The Morgan fingerprint density at radius 3 is 2.57 bits per heavy atom. The Labute approximate surface area is 131 Å². The molecule has 8 heteroatoms. The minimum Gasteiger partial charge on any atom is -0.363 e. The molecule has 1 unspecified atom stereocenters. The van der Waals surface area contributed by atoms with Crippen LogP contribution >= 0.6 is 0 Å². The predicted molar refractivity (Wildman–Crippen MR) is 83.3 cm³/mol. The van der Waals surface area contributed by atoms with Crippen molar-refractivity contribution in [2.24, 2.45) is 19.1 Å². The average molecular weight is 312 g/mol. The van der Waals surface area contributed by atoms with E-state index in [-0.39, 0.29) is 0 Å². The second-order valence-corrected chi connectivity index (χ2v) is 5.62. The molecule has 0 spiro atoms. The summed E-state index contributed by atoms with van der Waals surface area (Å²) in [5, 5.41) is 9.45. The molecule has 0 aromatic carbocycles. The van der Waals surface area contributed by atoms with Crippen molar-refractivity contribution in [3.05, 3.63) is 55.5 Å². The molecule has 0 saturated heterocycles. The number of hydrogen-bond acceptors (Lipinski definition) is 6. The lowest BCUT2D eigenvalue weighted by Gasteiger charge is -2.35. The van der Waals surface area contributed by atoms with Crippen molar-refractivity contribution in [1.82, 2.24) is 18.9 Å². The molecular formula is C15H16N6O2. The normalized spacial score (nSPS) is 18.6. The van der Waals surface area contributed by atoms with Crippen molar-refractivity contribution < 1.29 is 0 Å². The van der Waals surface area contributed by atoms with Crippen LogP contribution in [0.2, 0.25) is 0 Å². The summed E-state index contributed by atoms with van der Waals surface area (Å²) in [6.07, 6.45) is 4.65. The largest absolute Gasteiger partial charge is 0.363 e. The highest BCUT2D eigenvalue weighted by molar-refractivity contribution is 5.48. The number of nitrogens with zero attached hydrogens (tertiary/aromatic N) is 6. The van der Waals surface area contributed by atoms with Crippen LogP contribution < -0.4 is 22.0 Å². The zero-order chi connectivity index (χ0) is 16.9. The maximum atomic E-state index is 12.6. The van der Waals surface area contributed by atoms with Gasteiger partial charge in [-0.1, -0.05) is 0 Å². The summed E-state index contributed by atoms with van der Waals surface area (Å²) in [6.45, 7) is 0. The van der Waals surface area contributed by atoms with E-state index < -0.39 is 17.4 Å². The van der Waals surface area contributed by atoms with Crippen LogP contribution in [0.25, 0.3) is 5.82 Å². The fourth-order valence-electron chi connectivity index (χ4n) is 2.80. The Kier molecular flexibility index (Phi) is 3.21. The second-order valence-electron chi connectivity index (χ2n) is 5.62. The topological polar surface area (TPSA) is 86.6 Å². The summed E-state index contributed by atoms with van der Waals surface area (Å²) >= 11 is 0. The van der Waals surface area contributed by atoms with Gasteiger partial charge in [-0.3, -0.25) is 13.9 Å². The standard InChI is InChI=1S/C15H16N6O2/c1-18(2)13-11-12(19(3)15(23)20(4)14(11)22)17-10-7-9(8-16)5-6-21(10)13/h5-7,10H,1-4H3. The van der Waals surface area contributed by atoms with E-state index in [0.29, 0.717) is 22.1 Å². The SMILES string of the molecule is CN(C)C1=c2c(=O)n(C)c(=O)n(C)c2=NC2C=C(C#N)C=CN12. The molecule has 3 rings (SSSR count). The monoisotopic (exact) mass is 312 g/mol. The Balaban J connectivity index is 2.52. The zero-order valence-electron chi connectivity index (χ0n) is 13.3. The van der Waals surface area contributed by atoms with E-state index in [0.717, 1.165) is 4.57 Å². The number of rotatable bonds is 1. The molecule has 2 aliphatic rings. The van der Waals surface area contributed by atoms with E-state index in [1.807, 2.05) is 23.9 Å². The Morgan fingerprint density at radius 2 is 1.96 bits per heavy atom. The van der Waals surface area contributed by atoms with E-state index in [1.165, 1.54) is 11.6 Å². The number of fused-ring (bicyclic) bond motifs is 2. The molecular weight excluding hydrogens is 296 g/mol. The molecule has 0 saturated carbocycles. The Bertz CT molecular complexity index is 1030. The first-order valence-corrected chi connectivity index (χ1v) is 7.00. The first kappa shape index (κ1) is 14.8. The zero-order valence-corrected chi connectivity index (χ0v) is 13.3. The molecule has 1 aromatic rings. The van der Waals surface area contributed by atoms with Crippen LogP contribution in [0.3, 0.4) is 0 Å². The van der Waals surface area contributed by atoms with Crippen LogP contribution in [0.1, 0.15) is 0 Å². The summed E-state index contributed by atoms with van der Waals surface area (Å²) in [5.41, 5.74) is -0.00497. The van der Waals surface area contributed by atoms with Gasteiger partial charge in [0.2, 0.25) is 0 Å². The maximum Gasteiger partial charge on any atom is 0.332 e. The van der Waals surface area contributed by atoms with Gasteiger partial charge in [-0.15, -0.1) is 0 Å². The summed E-state index contributed by atoms with van der Waals surface area (Å²) in [6, 6.07) is 2.08. The molecule has 0 aliphatic carbocycles. The van der Waals surface area contributed by atoms with Gasteiger partial charge >= 0.3 is 5.69 Å². The molecule has 0 radical (unpaired) electrons. The van der Waals surface area contributed by atoms with Gasteiger partial charge in [0.15, 0.2) is 5.49 Å². The van der Waals surface area contributed by atoms with Crippen LogP contribution in [0.15, 0.2) is 38.5 Å². The molecule has 23 heavy (non-hydrogen) atoms. The third-order valence-electron chi connectivity index (χ3n) is 3.94. The lowest BCUT2D eigenvalue weighted by Crippen LogP contribution is -2.62. The van der Waals surface area contributed by atoms with E-state index >= 15 is 0 Å². The molecule has 0 bridgehead atoms. The quantitative estimate of drug-likeness (QED) is 0.596. The third kappa shape index (κ3) is 2.01. The molecule has 3 heterocycles. The Morgan fingerprint density at radius 1 is 1.26 bits per heavy atom. The highest BCUT2D eigenvalue weighted by atomic mass is 16.2. The molecule has 1 aromatic heterocycles. The van der Waals surface area contributed by atoms with Gasteiger partial charge in [0.1, 0.15) is 17.2 Å². The number of nitriles is 1. The van der Waals surface area contributed by atoms with E-state index in [1.54, 1.807) is 25.4 Å². The van der Waals surface area contributed by atoms with Gasteiger partial charge in [0.05, 0.1) is 11.6 Å². The van der Waals surface area contributed by atoms with Gasteiger partial charge in [0.25, 0.3) is 5.56 Å². The molecule has 0 fully saturated rings. The molecule has 2 aliphatic heterocycles. The number of aromatic nitrogens is 2. The van der Waals surface area contributed by atoms with Crippen molar-refractivity contribution in [2.75, 3.05) is 14.1 Å². The summed E-state index contributed by atoms with van der Waals surface area (Å²) in [7, 11) is 6.68. The molecule has 1 atom stereocenters. The van der Waals surface area contributed by atoms with Crippen LogP contribution in [-0.2, 0) is 14.1 Å². The minimum absolute atomic E-state index is 0.326. The fourth-order valence-corrected chi connectivity index (χ4v) is 2.80. The van der Waals surface area contributed by atoms with Crippen molar-refractivity contribution in [3.8, 4) is 6.07 Å². The fraction of sp³-hybridized carbons (Fsp3) is 0.333. The first-order chi connectivity index (χ1) is 10.9. The van der Waals surface area contributed by atoms with E-state index in [9.17, 15) is 9.59 Å². The summed E-state index contributed by atoms with van der Waals surface area (Å²) < 4.78 is 2.43. The molecule has 0 amide bonds. The van der Waals surface area contributed by atoms with E-state index in [4.69, 9.17) is 5.26 Å². The van der Waals surface area contributed by atoms with Crippen LogP contribution in [0.5, 0.6) is 0 Å². The van der Waals surface area contributed by atoms with Crippen molar-refractivity contribution in [2.45, 2.75) is 6.17 Å². The highest BCUT2D eigenvalue weighted by Crippen LogP contribution is 2.21. The lowest BCUT2D eigenvalue weighted by molar-refractivity contribution is 0.345. The maximum absolute atomic E-state index is 12.6. The van der Waals surface area contributed by atoms with Gasteiger partial charge < -0.3 is 9.80 Å². The Hall–Kier alpha value is -3.08. The van der Waals surface area contributed by atoms with E-state index in [2.05, 4.69) is 11.1 Å². The molecule has 0 N–H and O–H groups in total. The summed E-state index contributed by atoms with van der Waals surface area (Å²) in [5.74, 6) is 0.640. The van der Waals surface area contributed by atoms with Gasteiger partial charge in [-0.2, -0.15) is 5.26 Å². The van der Waals surface area contributed by atoms with Crippen LogP contribution in [0.4, 0.5) is 0 Å².